The summed E-state index contributed by atoms with van der Waals surface area (Å²) in [5, 5.41) is 7.22. The molecule has 1 aromatic carbocycles. The number of carbonyl (C=O) groups excluding carboxylic acids is 1. The first-order valence-corrected chi connectivity index (χ1v) is 7.28. The van der Waals surface area contributed by atoms with Crippen LogP contribution >= 0.6 is 24.0 Å². The number of amides is 1. The fraction of sp³-hybridized carbons (Fsp3) is 0.333. The lowest BCUT2D eigenvalue weighted by Gasteiger charge is -2.09. The van der Waals surface area contributed by atoms with Crippen molar-refractivity contribution < 1.29 is 9.32 Å². The van der Waals surface area contributed by atoms with Crippen LogP contribution in [0.5, 0.6) is 0 Å². The van der Waals surface area contributed by atoms with Gasteiger partial charge >= 0.3 is 0 Å². The van der Waals surface area contributed by atoms with Gasteiger partial charge in [0.2, 0.25) is 0 Å². The summed E-state index contributed by atoms with van der Waals surface area (Å²) in [5.74, 6) is 0.811. The highest BCUT2D eigenvalue weighted by Gasteiger charge is 2.28. The van der Waals surface area contributed by atoms with Crippen molar-refractivity contribution in [2.75, 3.05) is 6.54 Å². The van der Waals surface area contributed by atoms with E-state index in [0.29, 0.717) is 23.2 Å². The first-order valence-electron chi connectivity index (χ1n) is 6.90. The minimum Gasteiger partial charge on any atom is -0.355 e. The summed E-state index contributed by atoms with van der Waals surface area (Å²) >= 11 is 5.83. The van der Waals surface area contributed by atoms with Gasteiger partial charge in [-0.25, -0.2) is 0 Å². The van der Waals surface area contributed by atoms with Gasteiger partial charge in [0.25, 0.3) is 5.91 Å². The van der Waals surface area contributed by atoms with E-state index in [2.05, 4.69) is 10.5 Å². The molecular formula is C15H17Cl2N3O2. The lowest BCUT2D eigenvalue weighted by molar-refractivity contribution is 0.0941. The maximum Gasteiger partial charge on any atom is 0.273 e. The van der Waals surface area contributed by atoms with Crippen LogP contribution in [0.15, 0.2) is 34.9 Å². The smallest absolute Gasteiger partial charge is 0.273 e. The van der Waals surface area contributed by atoms with Crippen LogP contribution in [-0.2, 0) is 0 Å². The molecule has 1 heterocycles. The van der Waals surface area contributed by atoms with Gasteiger partial charge < -0.3 is 15.6 Å². The van der Waals surface area contributed by atoms with Gasteiger partial charge in [-0.1, -0.05) is 16.8 Å². The molecular weight excluding hydrogens is 325 g/mol. The van der Waals surface area contributed by atoms with Crippen molar-refractivity contribution in [3.63, 3.8) is 0 Å². The zero-order chi connectivity index (χ0) is 14.8. The van der Waals surface area contributed by atoms with Crippen molar-refractivity contribution in [2.45, 2.75) is 18.9 Å². The van der Waals surface area contributed by atoms with Gasteiger partial charge in [-0.2, -0.15) is 0 Å². The summed E-state index contributed by atoms with van der Waals surface area (Å²) in [6.07, 6.45) is 2.31. The van der Waals surface area contributed by atoms with Crippen LogP contribution in [0.3, 0.4) is 0 Å². The Morgan fingerprint density at radius 2 is 2.09 bits per heavy atom. The molecule has 1 aromatic heterocycles. The van der Waals surface area contributed by atoms with Crippen LogP contribution in [0.1, 0.15) is 23.3 Å². The lowest BCUT2D eigenvalue weighted by Crippen LogP contribution is -2.38. The Bertz CT molecular complexity index is 638. The van der Waals surface area contributed by atoms with Crippen LogP contribution in [0.4, 0.5) is 0 Å². The normalized spacial score (nSPS) is 15.0. The Kier molecular flexibility index (Phi) is 5.45. The molecule has 118 valence electrons. The van der Waals surface area contributed by atoms with E-state index in [4.69, 9.17) is 21.9 Å². The maximum atomic E-state index is 12.0. The monoisotopic (exact) mass is 341 g/mol. The number of hydrogen-bond donors (Lipinski definition) is 2. The summed E-state index contributed by atoms with van der Waals surface area (Å²) in [7, 11) is 0. The molecule has 1 unspecified atom stereocenters. The second kappa shape index (κ2) is 7.13. The topological polar surface area (TPSA) is 81.1 Å². The molecule has 5 nitrogen and oxygen atoms in total. The largest absolute Gasteiger partial charge is 0.355 e. The highest BCUT2D eigenvalue weighted by Crippen LogP contribution is 2.31. The number of nitrogens with zero attached hydrogens (tertiary/aromatic N) is 1. The standard InChI is InChI=1S/C15H16ClN3O2.ClH/c16-11-5-3-10(4-6-11)14-7-13(19-21-14)15(20)18-8-12(17)9-1-2-9;/h3-7,9,12H,1-2,8,17H2,(H,18,20);1H. The minimum atomic E-state index is -0.268. The molecule has 0 bridgehead atoms. The lowest BCUT2D eigenvalue weighted by atomic mass is 10.1. The van der Waals surface area contributed by atoms with Gasteiger partial charge in [-0.05, 0) is 43.0 Å². The van der Waals surface area contributed by atoms with Crippen molar-refractivity contribution >= 4 is 29.9 Å². The molecule has 0 spiro atoms. The number of benzene rings is 1. The van der Waals surface area contributed by atoms with E-state index in [1.165, 1.54) is 0 Å². The van der Waals surface area contributed by atoms with Crippen molar-refractivity contribution in [2.24, 2.45) is 11.7 Å². The highest BCUT2D eigenvalue weighted by molar-refractivity contribution is 6.30. The molecule has 7 heteroatoms. The molecule has 0 saturated heterocycles. The Hall–Kier alpha value is -1.56. The summed E-state index contributed by atoms with van der Waals surface area (Å²) in [6.45, 7) is 0.465. The van der Waals surface area contributed by atoms with E-state index in [0.717, 1.165) is 18.4 Å². The van der Waals surface area contributed by atoms with Gasteiger partial charge in [0.05, 0.1) is 0 Å². The van der Waals surface area contributed by atoms with Crippen molar-refractivity contribution in [1.29, 1.82) is 0 Å². The Morgan fingerprint density at radius 1 is 1.41 bits per heavy atom. The first kappa shape index (κ1) is 16.8. The Balaban J connectivity index is 0.00000176. The molecule has 3 N–H and O–H groups in total. The number of rotatable bonds is 5. The van der Waals surface area contributed by atoms with Gasteiger partial charge in [0.1, 0.15) is 0 Å². The average molecular weight is 342 g/mol. The van der Waals surface area contributed by atoms with E-state index in [1.807, 2.05) is 12.1 Å². The Labute approximate surface area is 139 Å². The molecule has 2 aromatic rings. The molecule has 1 amide bonds. The van der Waals surface area contributed by atoms with Gasteiger partial charge in [-0.15, -0.1) is 12.4 Å². The molecule has 1 aliphatic rings. The predicted molar refractivity (Wildman–Crippen MR) is 87.2 cm³/mol. The fourth-order valence-electron chi connectivity index (χ4n) is 2.12. The van der Waals surface area contributed by atoms with Crippen LogP contribution in [0, 0.1) is 5.92 Å². The number of nitrogens with two attached hydrogens (primary N) is 1. The van der Waals surface area contributed by atoms with Gasteiger partial charge in [0.15, 0.2) is 11.5 Å². The third kappa shape index (κ3) is 4.00. The fourth-order valence-corrected chi connectivity index (χ4v) is 2.25. The first-order chi connectivity index (χ1) is 10.1. The summed E-state index contributed by atoms with van der Waals surface area (Å²) < 4.78 is 5.19. The van der Waals surface area contributed by atoms with E-state index >= 15 is 0 Å². The van der Waals surface area contributed by atoms with Gasteiger partial charge in [-0.3, -0.25) is 4.79 Å². The Morgan fingerprint density at radius 3 is 2.73 bits per heavy atom. The quantitative estimate of drug-likeness (QED) is 0.875. The molecule has 1 aliphatic carbocycles. The predicted octanol–water partition coefficient (Wildman–Crippen LogP) is 2.88. The summed E-state index contributed by atoms with van der Waals surface area (Å²) in [4.78, 5) is 12.0. The third-order valence-electron chi connectivity index (χ3n) is 3.60. The molecule has 0 aliphatic heterocycles. The molecule has 3 rings (SSSR count). The van der Waals surface area contributed by atoms with Crippen LogP contribution in [0.2, 0.25) is 5.02 Å². The van der Waals surface area contributed by atoms with Crippen molar-refractivity contribution in [1.82, 2.24) is 10.5 Å². The van der Waals surface area contributed by atoms with Crippen molar-refractivity contribution in [3.8, 4) is 11.3 Å². The van der Waals surface area contributed by atoms with Crippen molar-refractivity contribution in [3.05, 3.63) is 41.0 Å². The second-order valence-corrected chi connectivity index (χ2v) is 5.73. The van der Waals surface area contributed by atoms with E-state index in [1.54, 1.807) is 18.2 Å². The van der Waals surface area contributed by atoms with E-state index in [9.17, 15) is 4.79 Å². The van der Waals surface area contributed by atoms with Crippen LogP contribution < -0.4 is 11.1 Å². The zero-order valence-corrected chi connectivity index (χ0v) is 13.4. The number of hydrogen-bond acceptors (Lipinski definition) is 4. The summed E-state index contributed by atoms with van der Waals surface area (Å²) in [5.41, 5.74) is 7.02. The zero-order valence-electron chi connectivity index (χ0n) is 11.8. The number of carbonyl (C=O) groups is 1. The number of aromatic nitrogens is 1. The van der Waals surface area contributed by atoms with Crippen LogP contribution in [-0.4, -0.2) is 23.7 Å². The SMILES string of the molecule is Cl.NC(CNC(=O)c1cc(-c2ccc(Cl)cc2)on1)C1CC1. The number of halogens is 2. The maximum absolute atomic E-state index is 12.0. The molecule has 1 saturated carbocycles. The van der Waals surface area contributed by atoms with E-state index < -0.39 is 0 Å². The second-order valence-electron chi connectivity index (χ2n) is 5.29. The van der Waals surface area contributed by atoms with Crippen LogP contribution in [0.25, 0.3) is 11.3 Å². The highest BCUT2D eigenvalue weighted by atomic mass is 35.5. The molecule has 22 heavy (non-hydrogen) atoms. The molecule has 0 radical (unpaired) electrons. The summed E-state index contributed by atoms with van der Waals surface area (Å²) in [6, 6.07) is 8.78. The number of nitrogens with one attached hydrogen (secondary N) is 1. The molecule has 1 atom stereocenters. The minimum absolute atomic E-state index is 0. The van der Waals surface area contributed by atoms with E-state index in [-0.39, 0.29) is 30.0 Å². The average Bonchev–Trinajstić information content (AvgIpc) is 3.23. The third-order valence-corrected chi connectivity index (χ3v) is 3.85. The molecule has 1 fully saturated rings. The van der Waals surface area contributed by atoms with Gasteiger partial charge in [0, 0.05) is 29.2 Å².